The van der Waals surface area contributed by atoms with E-state index < -0.39 is 6.43 Å². The third-order valence-corrected chi connectivity index (χ3v) is 4.11. The van der Waals surface area contributed by atoms with Gasteiger partial charge in [0.15, 0.2) is 5.65 Å². The highest BCUT2D eigenvalue weighted by Gasteiger charge is 2.21. The molecule has 25 heavy (non-hydrogen) atoms. The van der Waals surface area contributed by atoms with E-state index in [9.17, 15) is 13.6 Å². The van der Waals surface area contributed by atoms with Gasteiger partial charge in [-0.25, -0.2) is 18.3 Å². The molecule has 0 aliphatic carbocycles. The van der Waals surface area contributed by atoms with Crippen molar-refractivity contribution >= 4 is 11.6 Å². The van der Waals surface area contributed by atoms with Crippen LogP contribution in [0.3, 0.4) is 0 Å². The molecule has 0 saturated carbocycles. The highest BCUT2D eigenvalue weighted by atomic mass is 19.3. The number of nitrogens with one attached hydrogen (secondary N) is 1. The lowest BCUT2D eigenvalue weighted by atomic mass is 10.0. The fraction of sp³-hybridized carbons (Fsp3) is 0.278. The minimum absolute atomic E-state index is 0.122. The monoisotopic (exact) mass is 344 g/mol. The number of carbonyl (C=O) groups is 1. The van der Waals surface area contributed by atoms with Crippen LogP contribution in [0.2, 0.25) is 0 Å². The van der Waals surface area contributed by atoms with Gasteiger partial charge in [0.2, 0.25) is 0 Å². The van der Waals surface area contributed by atoms with E-state index in [1.54, 1.807) is 6.92 Å². The van der Waals surface area contributed by atoms with Crippen LogP contribution in [-0.4, -0.2) is 27.0 Å². The summed E-state index contributed by atoms with van der Waals surface area (Å²) in [5, 5.41) is 6.57. The first-order valence-corrected chi connectivity index (χ1v) is 7.95. The summed E-state index contributed by atoms with van der Waals surface area (Å²) in [6.07, 6.45) is -1.47. The van der Waals surface area contributed by atoms with Crippen LogP contribution in [-0.2, 0) is 0 Å². The largest absolute Gasteiger partial charge is 0.352 e. The van der Waals surface area contributed by atoms with E-state index in [0.29, 0.717) is 12.2 Å². The quantitative estimate of drug-likeness (QED) is 0.785. The topological polar surface area (TPSA) is 59.3 Å². The van der Waals surface area contributed by atoms with Gasteiger partial charge in [0.1, 0.15) is 11.3 Å². The van der Waals surface area contributed by atoms with E-state index in [2.05, 4.69) is 15.4 Å². The third kappa shape index (κ3) is 3.09. The van der Waals surface area contributed by atoms with Gasteiger partial charge in [-0.05, 0) is 44.0 Å². The number of nitrogens with zero attached hydrogens (tertiary/aromatic N) is 3. The van der Waals surface area contributed by atoms with Gasteiger partial charge >= 0.3 is 0 Å². The number of halogens is 2. The van der Waals surface area contributed by atoms with Crippen LogP contribution in [0.4, 0.5) is 8.78 Å². The minimum Gasteiger partial charge on any atom is -0.352 e. The number of carbonyl (C=O) groups excluding carboxylic acids is 1. The van der Waals surface area contributed by atoms with Gasteiger partial charge in [-0.3, -0.25) is 4.79 Å². The van der Waals surface area contributed by atoms with Crippen LogP contribution in [0.15, 0.2) is 30.5 Å². The Morgan fingerprint density at radius 3 is 2.64 bits per heavy atom. The predicted octanol–water partition coefficient (Wildman–Crippen LogP) is 3.70. The van der Waals surface area contributed by atoms with Gasteiger partial charge in [-0.2, -0.15) is 5.10 Å². The Kier molecular flexibility index (Phi) is 4.48. The number of aryl methyl sites for hydroxylation is 2. The SMILES string of the molecule is CCNC(=O)c1cnn2c(C(F)F)cc(-c3ccc(C)c(C)c3)nc12. The lowest BCUT2D eigenvalue weighted by Crippen LogP contribution is -2.22. The van der Waals surface area contributed by atoms with Crippen molar-refractivity contribution in [3.8, 4) is 11.3 Å². The van der Waals surface area contributed by atoms with Crippen molar-refractivity contribution in [1.82, 2.24) is 19.9 Å². The van der Waals surface area contributed by atoms with E-state index in [1.165, 1.54) is 12.3 Å². The number of rotatable bonds is 4. The number of hydrogen-bond acceptors (Lipinski definition) is 3. The van der Waals surface area contributed by atoms with E-state index in [-0.39, 0.29) is 22.8 Å². The van der Waals surface area contributed by atoms with Crippen molar-refractivity contribution in [2.75, 3.05) is 6.54 Å². The highest BCUT2D eigenvalue weighted by molar-refractivity contribution is 5.99. The zero-order valence-corrected chi connectivity index (χ0v) is 14.2. The molecular formula is C18H18F2N4O. The molecular weight excluding hydrogens is 326 g/mol. The molecule has 0 aliphatic rings. The lowest BCUT2D eigenvalue weighted by Gasteiger charge is -2.10. The van der Waals surface area contributed by atoms with Crippen LogP contribution < -0.4 is 5.32 Å². The summed E-state index contributed by atoms with van der Waals surface area (Å²) in [7, 11) is 0. The Morgan fingerprint density at radius 2 is 2.00 bits per heavy atom. The molecule has 0 fully saturated rings. The Hall–Kier alpha value is -2.83. The first-order valence-electron chi connectivity index (χ1n) is 7.95. The van der Waals surface area contributed by atoms with Gasteiger partial charge in [0, 0.05) is 12.1 Å². The molecule has 0 saturated heterocycles. The van der Waals surface area contributed by atoms with Crippen molar-refractivity contribution in [1.29, 1.82) is 0 Å². The second-order valence-electron chi connectivity index (χ2n) is 5.82. The van der Waals surface area contributed by atoms with Crippen LogP contribution in [0.1, 0.15) is 40.5 Å². The second kappa shape index (κ2) is 6.58. The number of alkyl halides is 2. The van der Waals surface area contributed by atoms with Crippen molar-refractivity contribution in [2.24, 2.45) is 0 Å². The van der Waals surface area contributed by atoms with Gasteiger partial charge in [0.25, 0.3) is 12.3 Å². The maximum Gasteiger partial charge on any atom is 0.280 e. The number of aromatic nitrogens is 3. The number of benzene rings is 1. The maximum absolute atomic E-state index is 13.5. The van der Waals surface area contributed by atoms with Crippen LogP contribution in [0, 0.1) is 13.8 Å². The molecule has 2 heterocycles. The fourth-order valence-electron chi connectivity index (χ4n) is 2.61. The van der Waals surface area contributed by atoms with Gasteiger partial charge in [-0.15, -0.1) is 0 Å². The Morgan fingerprint density at radius 1 is 1.24 bits per heavy atom. The molecule has 0 atom stereocenters. The predicted molar refractivity (Wildman–Crippen MR) is 90.9 cm³/mol. The molecule has 0 radical (unpaired) electrons. The molecule has 0 aliphatic heterocycles. The normalized spacial score (nSPS) is 11.3. The van der Waals surface area contributed by atoms with E-state index >= 15 is 0 Å². The summed E-state index contributed by atoms with van der Waals surface area (Å²) < 4.78 is 28.0. The first-order chi connectivity index (χ1) is 11.9. The van der Waals surface area contributed by atoms with Crippen molar-refractivity contribution in [3.05, 3.63) is 52.8 Å². The minimum atomic E-state index is -2.74. The Labute approximate surface area is 143 Å². The maximum atomic E-state index is 13.5. The van der Waals surface area contributed by atoms with Crippen LogP contribution in [0.5, 0.6) is 0 Å². The first kappa shape index (κ1) is 17.0. The number of hydrogen-bond donors (Lipinski definition) is 1. The molecule has 2 aromatic heterocycles. The zero-order chi connectivity index (χ0) is 18.1. The number of amides is 1. The van der Waals surface area contributed by atoms with Gasteiger partial charge in [0.05, 0.1) is 11.9 Å². The molecule has 3 aromatic rings. The summed E-state index contributed by atoms with van der Waals surface area (Å²) in [6, 6.07) is 6.96. The zero-order valence-electron chi connectivity index (χ0n) is 14.2. The summed E-state index contributed by atoms with van der Waals surface area (Å²) in [5.74, 6) is -0.387. The average molecular weight is 344 g/mol. The van der Waals surface area contributed by atoms with Crippen molar-refractivity contribution in [2.45, 2.75) is 27.2 Å². The van der Waals surface area contributed by atoms with E-state index in [4.69, 9.17) is 0 Å². The molecule has 130 valence electrons. The Bertz CT molecular complexity index is 950. The molecule has 3 rings (SSSR count). The molecule has 1 amide bonds. The summed E-state index contributed by atoms with van der Waals surface area (Å²) in [6.45, 7) is 6.13. The summed E-state index contributed by atoms with van der Waals surface area (Å²) in [4.78, 5) is 16.6. The van der Waals surface area contributed by atoms with E-state index in [1.807, 2.05) is 32.0 Å². The molecule has 7 heteroatoms. The van der Waals surface area contributed by atoms with Crippen molar-refractivity contribution in [3.63, 3.8) is 0 Å². The third-order valence-electron chi connectivity index (χ3n) is 4.11. The average Bonchev–Trinajstić information content (AvgIpc) is 3.00. The summed E-state index contributed by atoms with van der Waals surface area (Å²) in [5.41, 5.74) is 3.24. The molecule has 5 nitrogen and oxygen atoms in total. The van der Waals surface area contributed by atoms with Gasteiger partial charge in [-0.1, -0.05) is 12.1 Å². The highest BCUT2D eigenvalue weighted by Crippen LogP contribution is 2.27. The number of fused-ring (bicyclic) bond motifs is 1. The smallest absolute Gasteiger partial charge is 0.280 e. The second-order valence-corrected chi connectivity index (χ2v) is 5.82. The molecule has 0 unspecified atom stereocenters. The van der Waals surface area contributed by atoms with Crippen LogP contribution >= 0.6 is 0 Å². The lowest BCUT2D eigenvalue weighted by molar-refractivity contribution is 0.0957. The standard InChI is InChI=1S/C18H18F2N4O/c1-4-21-18(25)13-9-22-24-15(16(19)20)8-14(23-17(13)24)12-6-5-10(2)11(3)7-12/h5-9,16H,4H2,1-3H3,(H,21,25). The molecule has 1 aromatic carbocycles. The van der Waals surface area contributed by atoms with Crippen LogP contribution in [0.25, 0.3) is 16.9 Å². The Balaban J connectivity index is 2.24. The fourth-order valence-corrected chi connectivity index (χ4v) is 2.61. The van der Waals surface area contributed by atoms with Crippen molar-refractivity contribution < 1.29 is 13.6 Å². The molecule has 0 spiro atoms. The van der Waals surface area contributed by atoms with E-state index in [0.717, 1.165) is 21.2 Å². The molecule has 0 bridgehead atoms. The summed E-state index contributed by atoms with van der Waals surface area (Å²) >= 11 is 0. The van der Waals surface area contributed by atoms with Gasteiger partial charge < -0.3 is 5.32 Å². The molecule has 1 N–H and O–H groups in total.